The second-order valence-corrected chi connectivity index (χ2v) is 2.58. The van der Waals surface area contributed by atoms with Crippen LogP contribution in [-0.4, -0.2) is 34.0 Å². The molecular formula is C5H9NO3S. The molecule has 58 valence electrons. The topological polar surface area (TPSA) is 69.9 Å². The fourth-order valence-corrected chi connectivity index (χ4v) is 0.796. The number of thioether (sulfide) groups is 1. The molecule has 0 radical (unpaired) electrons. The van der Waals surface area contributed by atoms with Gasteiger partial charge in [-0.2, -0.15) is 11.8 Å². The van der Waals surface area contributed by atoms with Crippen molar-refractivity contribution < 1.29 is 15.1 Å². The van der Waals surface area contributed by atoms with Gasteiger partial charge >= 0.3 is 5.97 Å². The van der Waals surface area contributed by atoms with Crippen molar-refractivity contribution >= 4 is 23.4 Å². The number of carboxylic acids is 1. The molecule has 0 bridgehead atoms. The van der Waals surface area contributed by atoms with Gasteiger partial charge in [0, 0.05) is 6.42 Å². The number of hydrogen-bond donors (Lipinski definition) is 2. The summed E-state index contributed by atoms with van der Waals surface area (Å²) in [6.07, 6.45) is 2.16. The number of hydrogen-bond acceptors (Lipinski definition) is 4. The number of oxime groups is 1. The molecule has 0 aliphatic carbocycles. The van der Waals surface area contributed by atoms with E-state index in [-0.39, 0.29) is 5.71 Å². The maximum absolute atomic E-state index is 10.1. The van der Waals surface area contributed by atoms with Crippen LogP contribution in [0.15, 0.2) is 5.16 Å². The minimum Gasteiger partial charge on any atom is -0.477 e. The van der Waals surface area contributed by atoms with Crippen LogP contribution in [-0.2, 0) is 4.79 Å². The molecule has 0 unspecified atom stereocenters. The first-order chi connectivity index (χ1) is 4.72. The van der Waals surface area contributed by atoms with Crippen molar-refractivity contribution in [3.8, 4) is 0 Å². The molecule has 0 heterocycles. The molecule has 10 heavy (non-hydrogen) atoms. The van der Waals surface area contributed by atoms with Crippen LogP contribution in [0.1, 0.15) is 6.42 Å². The molecular weight excluding hydrogens is 154 g/mol. The third-order valence-corrected chi connectivity index (χ3v) is 1.52. The Kier molecular flexibility index (Phi) is 4.74. The van der Waals surface area contributed by atoms with Gasteiger partial charge in [-0.25, -0.2) is 4.79 Å². The van der Waals surface area contributed by atoms with Crippen LogP contribution in [0.2, 0.25) is 0 Å². The molecule has 0 aromatic rings. The Balaban J connectivity index is 3.74. The average molecular weight is 163 g/mol. The zero-order chi connectivity index (χ0) is 7.98. The number of rotatable bonds is 4. The number of nitrogens with zero attached hydrogens (tertiary/aromatic N) is 1. The summed E-state index contributed by atoms with van der Waals surface area (Å²) in [5.41, 5.74) is -0.186. The first-order valence-corrected chi connectivity index (χ1v) is 4.05. The quantitative estimate of drug-likeness (QED) is 0.363. The predicted octanol–water partition coefficient (Wildman–Crippen LogP) is 0.654. The van der Waals surface area contributed by atoms with Gasteiger partial charge in [0.05, 0.1) is 0 Å². The molecule has 0 atom stereocenters. The number of carboxylic acid groups (broad SMARTS) is 1. The largest absolute Gasteiger partial charge is 0.477 e. The summed E-state index contributed by atoms with van der Waals surface area (Å²) in [6, 6.07) is 0. The zero-order valence-corrected chi connectivity index (χ0v) is 6.39. The van der Waals surface area contributed by atoms with Crippen molar-refractivity contribution in [2.24, 2.45) is 5.16 Å². The second kappa shape index (κ2) is 5.10. The van der Waals surface area contributed by atoms with Gasteiger partial charge in [-0.3, -0.25) is 0 Å². The highest BCUT2D eigenvalue weighted by molar-refractivity contribution is 7.98. The minimum atomic E-state index is -1.16. The summed E-state index contributed by atoms with van der Waals surface area (Å²) in [6.45, 7) is 0. The normalized spacial score (nSPS) is 11.5. The smallest absolute Gasteiger partial charge is 0.353 e. The van der Waals surface area contributed by atoms with Crippen LogP contribution in [0, 0.1) is 0 Å². The lowest BCUT2D eigenvalue weighted by atomic mass is 10.3. The van der Waals surface area contributed by atoms with E-state index in [4.69, 9.17) is 10.3 Å². The van der Waals surface area contributed by atoms with E-state index in [1.165, 1.54) is 11.8 Å². The molecule has 2 N–H and O–H groups in total. The third-order valence-electron chi connectivity index (χ3n) is 0.911. The summed E-state index contributed by atoms with van der Waals surface area (Å²) in [5, 5.41) is 19.0. The Morgan fingerprint density at radius 3 is 2.60 bits per heavy atom. The van der Waals surface area contributed by atoms with Crippen LogP contribution in [0.4, 0.5) is 0 Å². The van der Waals surface area contributed by atoms with Crippen molar-refractivity contribution in [3.63, 3.8) is 0 Å². The van der Waals surface area contributed by atoms with Gasteiger partial charge in [0.15, 0.2) is 5.71 Å². The average Bonchev–Trinajstić information content (AvgIpc) is 1.89. The SMILES string of the molecule is CSCC/C(=N/O)C(=O)O. The van der Waals surface area contributed by atoms with Crippen LogP contribution >= 0.6 is 11.8 Å². The lowest BCUT2D eigenvalue weighted by Crippen LogP contribution is -2.13. The summed E-state index contributed by atoms with van der Waals surface area (Å²) in [7, 11) is 0. The van der Waals surface area contributed by atoms with Crippen LogP contribution in [0.25, 0.3) is 0 Å². The molecule has 5 heteroatoms. The van der Waals surface area contributed by atoms with Crippen LogP contribution < -0.4 is 0 Å². The first-order valence-electron chi connectivity index (χ1n) is 2.65. The van der Waals surface area contributed by atoms with E-state index in [0.29, 0.717) is 12.2 Å². The molecule has 0 saturated carbocycles. The molecule has 0 amide bonds. The maximum Gasteiger partial charge on any atom is 0.353 e. The maximum atomic E-state index is 10.1. The minimum absolute atomic E-state index is 0.186. The molecule has 0 fully saturated rings. The van der Waals surface area contributed by atoms with E-state index in [2.05, 4.69) is 5.16 Å². The second-order valence-electron chi connectivity index (χ2n) is 1.59. The zero-order valence-electron chi connectivity index (χ0n) is 5.57. The van der Waals surface area contributed by atoms with E-state index in [1.807, 2.05) is 6.26 Å². The van der Waals surface area contributed by atoms with Crippen molar-refractivity contribution in [2.45, 2.75) is 6.42 Å². The predicted molar refractivity (Wildman–Crippen MR) is 39.9 cm³/mol. The van der Waals surface area contributed by atoms with Gasteiger partial charge in [0.2, 0.25) is 0 Å². The number of carbonyl (C=O) groups is 1. The summed E-state index contributed by atoms with van der Waals surface area (Å²) in [5.74, 6) is -0.498. The van der Waals surface area contributed by atoms with Gasteiger partial charge in [0.1, 0.15) is 0 Å². The van der Waals surface area contributed by atoms with E-state index < -0.39 is 5.97 Å². The fourth-order valence-electron chi connectivity index (χ4n) is 0.398. The summed E-state index contributed by atoms with van der Waals surface area (Å²) in [4.78, 5) is 10.1. The lowest BCUT2D eigenvalue weighted by molar-refractivity contribution is -0.129. The van der Waals surface area contributed by atoms with Crippen molar-refractivity contribution in [1.82, 2.24) is 0 Å². The van der Waals surface area contributed by atoms with E-state index >= 15 is 0 Å². The molecule has 0 spiro atoms. The highest BCUT2D eigenvalue weighted by Gasteiger charge is 2.07. The number of aliphatic carboxylic acids is 1. The van der Waals surface area contributed by atoms with Gasteiger partial charge < -0.3 is 10.3 Å². The first kappa shape index (κ1) is 9.29. The summed E-state index contributed by atoms with van der Waals surface area (Å²) >= 11 is 1.51. The Labute approximate surface area is 62.9 Å². The molecule has 0 aromatic heterocycles. The molecule has 0 rings (SSSR count). The molecule has 0 aromatic carbocycles. The van der Waals surface area contributed by atoms with Crippen molar-refractivity contribution in [1.29, 1.82) is 0 Å². The molecule has 0 aliphatic rings. The Morgan fingerprint density at radius 2 is 2.30 bits per heavy atom. The molecule has 0 aliphatic heterocycles. The van der Waals surface area contributed by atoms with Gasteiger partial charge in [0.25, 0.3) is 0 Å². The van der Waals surface area contributed by atoms with Crippen molar-refractivity contribution in [3.05, 3.63) is 0 Å². The van der Waals surface area contributed by atoms with Gasteiger partial charge in [-0.1, -0.05) is 5.16 Å². The van der Waals surface area contributed by atoms with Gasteiger partial charge in [-0.15, -0.1) is 0 Å². The van der Waals surface area contributed by atoms with E-state index in [1.54, 1.807) is 0 Å². The Bertz CT molecular complexity index is 146. The Hall–Kier alpha value is -0.710. The van der Waals surface area contributed by atoms with Gasteiger partial charge in [-0.05, 0) is 12.0 Å². The summed E-state index contributed by atoms with van der Waals surface area (Å²) < 4.78 is 0. The Morgan fingerprint density at radius 1 is 1.70 bits per heavy atom. The highest BCUT2D eigenvalue weighted by Crippen LogP contribution is 1.97. The molecule has 4 nitrogen and oxygen atoms in total. The van der Waals surface area contributed by atoms with Crippen molar-refractivity contribution in [2.75, 3.05) is 12.0 Å². The van der Waals surface area contributed by atoms with E-state index in [0.717, 1.165) is 0 Å². The molecule has 0 saturated heterocycles. The van der Waals surface area contributed by atoms with Crippen LogP contribution in [0.3, 0.4) is 0 Å². The fraction of sp³-hybridized carbons (Fsp3) is 0.600. The highest BCUT2D eigenvalue weighted by atomic mass is 32.2. The van der Waals surface area contributed by atoms with E-state index in [9.17, 15) is 4.79 Å². The third kappa shape index (κ3) is 3.34. The standard InChI is InChI=1S/C5H9NO3S/c1-10-3-2-4(6-9)5(7)8/h9H,2-3H2,1H3,(H,7,8)/b6-4-. The monoisotopic (exact) mass is 163 g/mol. The van der Waals surface area contributed by atoms with Crippen LogP contribution in [0.5, 0.6) is 0 Å². The lowest BCUT2D eigenvalue weighted by Gasteiger charge is -1.94.